The molecule has 0 saturated carbocycles. The number of amides is 3. The molecule has 0 aliphatic rings. The fourth-order valence-electron chi connectivity index (χ4n) is 2.39. The Balaban J connectivity index is 1.58. The third-order valence-corrected chi connectivity index (χ3v) is 5.29. The third-order valence-electron chi connectivity index (χ3n) is 3.94. The van der Waals surface area contributed by atoms with Crippen molar-refractivity contribution in [2.75, 3.05) is 23.4 Å². The highest BCUT2D eigenvalue weighted by molar-refractivity contribution is 7.99. The van der Waals surface area contributed by atoms with Crippen molar-refractivity contribution in [3.8, 4) is 5.69 Å². The second-order valence-corrected chi connectivity index (χ2v) is 7.39. The van der Waals surface area contributed by atoms with Crippen LogP contribution in [0.5, 0.6) is 0 Å². The van der Waals surface area contributed by atoms with Crippen molar-refractivity contribution in [2.45, 2.75) is 12.1 Å². The van der Waals surface area contributed by atoms with Gasteiger partial charge in [0.25, 0.3) is 0 Å². The molecule has 29 heavy (non-hydrogen) atoms. The molecule has 0 saturated heterocycles. The maximum atomic E-state index is 12.3. The number of carbonyl (C=O) groups excluding carboxylic acids is 2. The summed E-state index contributed by atoms with van der Waals surface area (Å²) in [5, 5.41) is 17.2. The van der Waals surface area contributed by atoms with Crippen molar-refractivity contribution < 1.29 is 9.59 Å². The number of rotatable bonds is 6. The molecule has 1 aromatic heterocycles. The fourth-order valence-corrected chi connectivity index (χ4v) is 3.29. The van der Waals surface area contributed by atoms with E-state index in [0.717, 1.165) is 11.3 Å². The van der Waals surface area contributed by atoms with Crippen LogP contribution in [-0.2, 0) is 4.79 Å². The first kappa shape index (κ1) is 20.7. The van der Waals surface area contributed by atoms with E-state index in [2.05, 4.69) is 26.1 Å². The zero-order valence-corrected chi connectivity index (χ0v) is 17.3. The highest BCUT2D eigenvalue weighted by Crippen LogP contribution is 2.24. The molecule has 3 aromatic rings. The summed E-state index contributed by atoms with van der Waals surface area (Å²) in [7, 11) is 1.54. The highest BCUT2D eigenvalue weighted by Gasteiger charge is 2.11. The number of aryl methyl sites for hydroxylation is 1. The monoisotopic (exact) mass is 430 g/mol. The minimum Gasteiger partial charge on any atom is -0.341 e. The summed E-state index contributed by atoms with van der Waals surface area (Å²) in [5.74, 6) is -0.0187. The lowest BCUT2D eigenvalue weighted by Gasteiger charge is -2.09. The van der Waals surface area contributed by atoms with E-state index in [4.69, 9.17) is 11.6 Å². The molecule has 10 heteroatoms. The number of anilines is 2. The number of nitrogens with zero attached hydrogens (tertiary/aromatic N) is 3. The zero-order chi connectivity index (χ0) is 20.8. The quantitative estimate of drug-likeness (QED) is 0.517. The van der Waals surface area contributed by atoms with Gasteiger partial charge >= 0.3 is 6.03 Å². The number of carbonyl (C=O) groups is 2. The summed E-state index contributed by atoms with van der Waals surface area (Å²) in [6.07, 6.45) is 1.58. The molecule has 0 bridgehead atoms. The van der Waals surface area contributed by atoms with Crippen LogP contribution in [0.4, 0.5) is 16.2 Å². The average Bonchev–Trinajstić information content (AvgIpc) is 3.18. The molecule has 0 aliphatic carbocycles. The molecule has 1 heterocycles. The van der Waals surface area contributed by atoms with Gasteiger partial charge in [0.15, 0.2) is 5.16 Å². The first-order valence-corrected chi connectivity index (χ1v) is 10.0. The molecule has 0 atom stereocenters. The van der Waals surface area contributed by atoms with Crippen LogP contribution in [0.2, 0.25) is 5.02 Å². The number of nitrogens with one attached hydrogen (secondary N) is 3. The topological polar surface area (TPSA) is 101 Å². The molecule has 8 nitrogen and oxygen atoms in total. The van der Waals surface area contributed by atoms with Crippen molar-refractivity contribution in [3.63, 3.8) is 0 Å². The van der Waals surface area contributed by atoms with Gasteiger partial charge in [0.2, 0.25) is 5.91 Å². The van der Waals surface area contributed by atoms with Crippen LogP contribution in [-0.4, -0.2) is 39.5 Å². The number of aromatic nitrogens is 3. The molecule has 0 aliphatic heterocycles. The van der Waals surface area contributed by atoms with Crippen LogP contribution in [0.3, 0.4) is 0 Å². The molecule has 150 valence electrons. The molecule has 2 aromatic carbocycles. The van der Waals surface area contributed by atoms with Gasteiger partial charge in [-0.3, -0.25) is 9.36 Å². The van der Waals surface area contributed by atoms with E-state index in [9.17, 15) is 9.59 Å². The molecule has 0 unspecified atom stereocenters. The molecule has 0 fully saturated rings. The number of thioether (sulfide) groups is 1. The van der Waals surface area contributed by atoms with E-state index in [1.54, 1.807) is 35.2 Å². The number of hydrogen-bond donors (Lipinski definition) is 3. The lowest BCUT2D eigenvalue weighted by Crippen LogP contribution is -2.24. The lowest BCUT2D eigenvalue weighted by atomic mass is 10.2. The summed E-state index contributed by atoms with van der Waals surface area (Å²) >= 11 is 7.47. The van der Waals surface area contributed by atoms with Crippen molar-refractivity contribution in [1.29, 1.82) is 0 Å². The Labute approximate surface area is 177 Å². The molecule has 0 radical (unpaired) electrons. The van der Waals surface area contributed by atoms with Gasteiger partial charge in [0.1, 0.15) is 6.33 Å². The smallest absolute Gasteiger partial charge is 0.318 e. The summed E-state index contributed by atoms with van der Waals surface area (Å²) in [6, 6.07) is 12.2. The largest absolute Gasteiger partial charge is 0.341 e. The maximum Gasteiger partial charge on any atom is 0.318 e. The second kappa shape index (κ2) is 9.44. The van der Waals surface area contributed by atoms with E-state index in [1.165, 1.54) is 18.8 Å². The van der Waals surface area contributed by atoms with Gasteiger partial charge in [0, 0.05) is 23.4 Å². The highest BCUT2D eigenvalue weighted by atomic mass is 35.5. The number of hydrogen-bond acceptors (Lipinski definition) is 5. The zero-order valence-electron chi connectivity index (χ0n) is 15.8. The summed E-state index contributed by atoms with van der Waals surface area (Å²) in [5.41, 5.74) is 3.06. The van der Waals surface area contributed by atoms with Crippen molar-refractivity contribution in [2.24, 2.45) is 0 Å². The van der Waals surface area contributed by atoms with Gasteiger partial charge in [-0.25, -0.2) is 4.79 Å². The van der Waals surface area contributed by atoms with Crippen LogP contribution in [0, 0.1) is 6.92 Å². The number of benzene rings is 2. The molecule has 3 N–H and O–H groups in total. The molecule has 0 spiro atoms. The Morgan fingerprint density at radius 2 is 1.79 bits per heavy atom. The predicted octanol–water partition coefficient (Wildman–Crippen LogP) is 3.71. The lowest BCUT2D eigenvalue weighted by molar-refractivity contribution is -0.113. The van der Waals surface area contributed by atoms with Crippen LogP contribution >= 0.6 is 23.4 Å². The van der Waals surface area contributed by atoms with Crippen molar-refractivity contribution in [3.05, 3.63) is 59.4 Å². The maximum absolute atomic E-state index is 12.3. The van der Waals surface area contributed by atoms with Gasteiger partial charge < -0.3 is 16.0 Å². The van der Waals surface area contributed by atoms with Gasteiger partial charge in [-0.05, 0) is 48.9 Å². The SMILES string of the molecule is CNC(=O)Nc1ccc(NC(=O)CSc2nncn2-c2ccc(C)c(Cl)c2)cc1. The van der Waals surface area contributed by atoms with E-state index in [-0.39, 0.29) is 17.7 Å². The van der Waals surface area contributed by atoms with E-state index in [1.807, 2.05) is 25.1 Å². The van der Waals surface area contributed by atoms with Gasteiger partial charge in [-0.2, -0.15) is 0 Å². The van der Waals surface area contributed by atoms with Crippen molar-refractivity contribution >= 4 is 46.7 Å². The van der Waals surface area contributed by atoms with Crippen LogP contribution < -0.4 is 16.0 Å². The molecular formula is C19H19ClN6O2S. The number of halogens is 1. The molecule has 3 rings (SSSR count). The average molecular weight is 431 g/mol. The Hall–Kier alpha value is -3.04. The first-order chi connectivity index (χ1) is 14.0. The molecule has 3 amide bonds. The van der Waals surface area contributed by atoms with Crippen LogP contribution in [0.15, 0.2) is 53.9 Å². The Morgan fingerprint density at radius 3 is 2.45 bits per heavy atom. The Bertz CT molecular complexity index is 1020. The third kappa shape index (κ3) is 5.49. The van der Waals surface area contributed by atoms with E-state index < -0.39 is 0 Å². The fraction of sp³-hybridized carbons (Fsp3) is 0.158. The normalized spacial score (nSPS) is 10.4. The van der Waals surface area contributed by atoms with E-state index >= 15 is 0 Å². The van der Waals surface area contributed by atoms with Crippen LogP contribution in [0.1, 0.15) is 5.56 Å². The van der Waals surface area contributed by atoms with Gasteiger partial charge in [0.05, 0.1) is 11.4 Å². The summed E-state index contributed by atoms with van der Waals surface area (Å²) in [4.78, 5) is 23.6. The minimum atomic E-state index is -0.308. The van der Waals surface area contributed by atoms with Crippen molar-refractivity contribution in [1.82, 2.24) is 20.1 Å². The van der Waals surface area contributed by atoms with Gasteiger partial charge in [-0.15, -0.1) is 10.2 Å². The Morgan fingerprint density at radius 1 is 1.10 bits per heavy atom. The number of urea groups is 1. The molecular weight excluding hydrogens is 412 g/mol. The van der Waals surface area contributed by atoms with E-state index in [0.29, 0.717) is 21.6 Å². The Kier molecular flexibility index (Phi) is 6.73. The minimum absolute atomic E-state index is 0.163. The van der Waals surface area contributed by atoms with Crippen LogP contribution in [0.25, 0.3) is 5.69 Å². The standard InChI is InChI=1S/C19H19ClN6O2S/c1-12-3-8-15(9-16(12)20)26-11-22-25-19(26)29-10-17(27)23-13-4-6-14(7-5-13)24-18(28)21-2/h3-9,11H,10H2,1-2H3,(H,23,27)(H2,21,24,28). The summed E-state index contributed by atoms with van der Waals surface area (Å²) in [6.45, 7) is 1.93. The van der Waals surface area contributed by atoms with Gasteiger partial charge in [-0.1, -0.05) is 29.4 Å². The second-order valence-electron chi connectivity index (χ2n) is 6.04. The predicted molar refractivity (Wildman–Crippen MR) is 115 cm³/mol. The first-order valence-electron chi connectivity index (χ1n) is 8.64. The summed E-state index contributed by atoms with van der Waals surface area (Å²) < 4.78 is 1.78.